The number of hydrogen-bond donors (Lipinski definition) is 2. The number of rotatable bonds is 4. The van der Waals surface area contributed by atoms with Gasteiger partial charge in [-0.25, -0.2) is 10.4 Å². The van der Waals surface area contributed by atoms with E-state index in [-0.39, 0.29) is 11.6 Å². The van der Waals surface area contributed by atoms with E-state index in [9.17, 15) is 0 Å². The SMILES string of the molecule is CC1CCCC(C(NN)c2nccn2C)(N(C)C)C1. The van der Waals surface area contributed by atoms with E-state index in [1.165, 1.54) is 12.8 Å². The molecule has 108 valence electrons. The average Bonchev–Trinajstić information content (AvgIpc) is 2.76. The first-order valence-corrected chi connectivity index (χ1v) is 7.12. The molecule has 3 unspecified atom stereocenters. The number of hydrogen-bond acceptors (Lipinski definition) is 4. The first-order valence-electron chi connectivity index (χ1n) is 7.12. The van der Waals surface area contributed by atoms with Crippen molar-refractivity contribution in [3.05, 3.63) is 18.2 Å². The predicted octanol–water partition coefficient (Wildman–Crippen LogP) is 1.43. The third-order valence-corrected chi connectivity index (χ3v) is 4.72. The molecule has 0 amide bonds. The quantitative estimate of drug-likeness (QED) is 0.639. The Bertz CT molecular complexity index is 414. The lowest BCUT2D eigenvalue weighted by molar-refractivity contribution is 0.0328. The molecular weight excluding hydrogens is 238 g/mol. The van der Waals surface area contributed by atoms with Crippen LogP contribution in [0.25, 0.3) is 0 Å². The molecule has 19 heavy (non-hydrogen) atoms. The minimum absolute atomic E-state index is 0.0472. The lowest BCUT2D eigenvalue weighted by Crippen LogP contribution is -2.58. The molecule has 0 aromatic carbocycles. The number of aryl methyl sites for hydroxylation is 1. The summed E-state index contributed by atoms with van der Waals surface area (Å²) >= 11 is 0. The second kappa shape index (κ2) is 5.61. The molecule has 0 spiro atoms. The van der Waals surface area contributed by atoms with Crippen molar-refractivity contribution in [2.45, 2.75) is 44.2 Å². The van der Waals surface area contributed by atoms with Crippen molar-refractivity contribution < 1.29 is 0 Å². The fourth-order valence-electron chi connectivity index (χ4n) is 3.62. The molecule has 3 N–H and O–H groups in total. The molecule has 0 radical (unpaired) electrons. The van der Waals surface area contributed by atoms with Crippen molar-refractivity contribution in [1.29, 1.82) is 0 Å². The van der Waals surface area contributed by atoms with Crippen LogP contribution in [-0.2, 0) is 7.05 Å². The zero-order valence-electron chi connectivity index (χ0n) is 12.6. The minimum Gasteiger partial charge on any atom is -0.337 e. The molecule has 1 fully saturated rings. The Balaban J connectivity index is 2.39. The van der Waals surface area contributed by atoms with Gasteiger partial charge in [0.25, 0.3) is 0 Å². The molecular formula is C14H27N5. The average molecular weight is 265 g/mol. The molecule has 5 nitrogen and oxygen atoms in total. The number of hydrazine groups is 1. The molecule has 0 aliphatic heterocycles. The van der Waals surface area contributed by atoms with E-state index in [0.717, 1.165) is 24.6 Å². The number of nitrogens with one attached hydrogen (secondary N) is 1. The summed E-state index contributed by atoms with van der Waals surface area (Å²) < 4.78 is 2.06. The third kappa shape index (κ3) is 2.55. The Morgan fingerprint density at radius 3 is 2.79 bits per heavy atom. The van der Waals surface area contributed by atoms with Gasteiger partial charge in [-0.15, -0.1) is 0 Å². The maximum atomic E-state index is 5.90. The summed E-state index contributed by atoms with van der Waals surface area (Å²) in [4.78, 5) is 6.84. The van der Waals surface area contributed by atoms with Crippen molar-refractivity contribution in [2.24, 2.45) is 18.8 Å². The maximum absolute atomic E-state index is 5.90. The molecule has 1 aromatic rings. The van der Waals surface area contributed by atoms with Crippen LogP contribution in [0.5, 0.6) is 0 Å². The largest absolute Gasteiger partial charge is 0.337 e. The number of likely N-dealkylation sites (N-methyl/N-ethyl adjacent to an activating group) is 1. The predicted molar refractivity (Wildman–Crippen MR) is 77.3 cm³/mol. The number of nitrogens with two attached hydrogens (primary N) is 1. The number of imidazole rings is 1. The van der Waals surface area contributed by atoms with Gasteiger partial charge >= 0.3 is 0 Å². The monoisotopic (exact) mass is 265 g/mol. The van der Waals surface area contributed by atoms with Crippen LogP contribution >= 0.6 is 0 Å². The van der Waals surface area contributed by atoms with Gasteiger partial charge < -0.3 is 9.47 Å². The van der Waals surface area contributed by atoms with Crippen molar-refractivity contribution in [3.63, 3.8) is 0 Å². The fraction of sp³-hybridized carbons (Fsp3) is 0.786. The van der Waals surface area contributed by atoms with Crippen LogP contribution in [-0.4, -0.2) is 34.1 Å². The lowest BCUT2D eigenvalue weighted by Gasteiger charge is -2.49. The normalized spacial score (nSPS) is 29.7. The second-order valence-corrected chi connectivity index (χ2v) is 6.20. The molecule has 1 heterocycles. The molecule has 0 bridgehead atoms. The van der Waals surface area contributed by atoms with Gasteiger partial charge in [0, 0.05) is 25.0 Å². The molecule has 1 aliphatic rings. The molecule has 1 saturated carbocycles. The zero-order valence-corrected chi connectivity index (χ0v) is 12.6. The maximum Gasteiger partial charge on any atom is 0.128 e. The summed E-state index contributed by atoms with van der Waals surface area (Å²) in [6.45, 7) is 2.34. The summed E-state index contributed by atoms with van der Waals surface area (Å²) in [6.07, 6.45) is 8.70. The first-order chi connectivity index (χ1) is 9.01. The van der Waals surface area contributed by atoms with E-state index in [4.69, 9.17) is 5.84 Å². The van der Waals surface area contributed by atoms with E-state index in [1.54, 1.807) is 0 Å². The second-order valence-electron chi connectivity index (χ2n) is 6.20. The van der Waals surface area contributed by atoms with Gasteiger partial charge in [-0.05, 0) is 32.9 Å². The van der Waals surface area contributed by atoms with Crippen LogP contribution in [0, 0.1) is 5.92 Å². The summed E-state index contributed by atoms with van der Waals surface area (Å²) in [6, 6.07) is 0.0604. The van der Waals surface area contributed by atoms with Crippen LogP contribution in [0.15, 0.2) is 12.4 Å². The molecule has 5 heteroatoms. The minimum atomic E-state index is 0.0472. The van der Waals surface area contributed by atoms with E-state index in [1.807, 2.05) is 19.4 Å². The van der Waals surface area contributed by atoms with Gasteiger partial charge in [0.2, 0.25) is 0 Å². The van der Waals surface area contributed by atoms with Gasteiger partial charge in [-0.3, -0.25) is 5.84 Å². The van der Waals surface area contributed by atoms with Gasteiger partial charge in [0.05, 0.1) is 6.04 Å². The van der Waals surface area contributed by atoms with Crippen LogP contribution in [0.3, 0.4) is 0 Å². The standard InChI is InChI=1S/C14H27N5/c1-11-6-5-7-14(10-11,18(2)3)12(17-15)13-16-8-9-19(13)4/h8-9,11-12,17H,5-7,10,15H2,1-4H3. The molecule has 0 saturated heterocycles. The lowest BCUT2D eigenvalue weighted by atomic mass is 9.71. The van der Waals surface area contributed by atoms with Gasteiger partial charge in [-0.2, -0.15) is 0 Å². The van der Waals surface area contributed by atoms with Crippen molar-refractivity contribution >= 4 is 0 Å². The van der Waals surface area contributed by atoms with E-state index in [2.05, 4.69) is 40.9 Å². The third-order valence-electron chi connectivity index (χ3n) is 4.72. The van der Waals surface area contributed by atoms with Crippen LogP contribution in [0.1, 0.15) is 44.5 Å². The highest BCUT2D eigenvalue weighted by Crippen LogP contribution is 2.43. The smallest absolute Gasteiger partial charge is 0.128 e. The summed E-state index contributed by atoms with van der Waals surface area (Å²) in [5, 5.41) is 0. The first kappa shape index (κ1) is 14.5. The highest BCUT2D eigenvalue weighted by atomic mass is 15.3. The van der Waals surface area contributed by atoms with Gasteiger partial charge in [0.15, 0.2) is 0 Å². The highest BCUT2D eigenvalue weighted by Gasteiger charge is 2.45. The Morgan fingerprint density at radius 1 is 1.58 bits per heavy atom. The van der Waals surface area contributed by atoms with Crippen LogP contribution in [0.2, 0.25) is 0 Å². The fourth-order valence-corrected chi connectivity index (χ4v) is 3.62. The molecule has 1 aromatic heterocycles. The van der Waals surface area contributed by atoms with E-state index in [0.29, 0.717) is 0 Å². The van der Waals surface area contributed by atoms with E-state index >= 15 is 0 Å². The van der Waals surface area contributed by atoms with Crippen LogP contribution < -0.4 is 11.3 Å². The van der Waals surface area contributed by atoms with E-state index < -0.39 is 0 Å². The van der Waals surface area contributed by atoms with Crippen LogP contribution in [0.4, 0.5) is 0 Å². The Hall–Kier alpha value is -0.910. The Labute approximate surface area is 116 Å². The Morgan fingerprint density at radius 2 is 2.32 bits per heavy atom. The topological polar surface area (TPSA) is 59.1 Å². The number of aromatic nitrogens is 2. The summed E-state index contributed by atoms with van der Waals surface area (Å²) in [5.74, 6) is 7.65. The molecule has 1 aliphatic carbocycles. The summed E-state index contributed by atoms with van der Waals surface area (Å²) in [7, 11) is 6.35. The zero-order chi connectivity index (χ0) is 14.0. The Kier molecular flexibility index (Phi) is 4.28. The highest BCUT2D eigenvalue weighted by molar-refractivity contribution is 5.11. The van der Waals surface area contributed by atoms with Crippen molar-refractivity contribution in [2.75, 3.05) is 14.1 Å². The number of nitrogens with zero attached hydrogens (tertiary/aromatic N) is 3. The molecule has 3 atom stereocenters. The van der Waals surface area contributed by atoms with Crippen molar-refractivity contribution in [3.8, 4) is 0 Å². The van der Waals surface area contributed by atoms with Gasteiger partial charge in [0.1, 0.15) is 5.82 Å². The van der Waals surface area contributed by atoms with Gasteiger partial charge in [-0.1, -0.05) is 19.8 Å². The summed E-state index contributed by atoms with van der Waals surface area (Å²) in [5.41, 5.74) is 3.08. The molecule has 2 rings (SSSR count). The van der Waals surface area contributed by atoms with Crippen molar-refractivity contribution in [1.82, 2.24) is 19.9 Å².